The first kappa shape index (κ1) is 85.6. The smallest absolute Gasteiger partial charge is 0.342 e. The van der Waals surface area contributed by atoms with E-state index in [0.29, 0.717) is 28.3 Å². The molecule has 36 heteroatoms. The largest absolute Gasteiger partial charge is 0.475 e. The summed E-state index contributed by atoms with van der Waals surface area (Å²) in [6, 6.07) is 53.2. The van der Waals surface area contributed by atoms with Crippen LogP contribution in [0, 0.1) is 76.7 Å². The van der Waals surface area contributed by atoms with Crippen LogP contribution in [0.4, 0.5) is 52.7 Å². The Morgan fingerprint density at radius 2 is 0.537 bits per heavy atom. The molecule has 4 aliphatic heterocycles. The topological polar surface area (TPSA) is 260 Å². The number of hydrogen-bond donors (Lipinski definition) is 0. The standard InChI is InChI=1S/C22H17F2NO4S.C21H13F4NO4S.2C21H14F3NO4S/c1-14-5-11-17(12-6-14)30(26,27)29-16-9-7-15(8-10-16)20-13-28-22(25-20)21-18(23)3-2-4-19(21)24;22-13-6-9-19(17(25)10-13)31(27,28)30-14-7-4-12(5-8-14)18-11-29-21(26-18)20-15(23)2-1-3-16(20)24;22-14-3-1-4-16(11-14)30(26,27)29-15-9-7-13(8-10-15)19-12-28-21(25-19)20-17(23)5-2-6-18(20)24;22-15-4-1-2-7-19(15)30(26,27)29-14-10-8-13(9-11-14)18-12-28-21(25-18)20-16(23)5-3-6-17(20)24/h2-12,20H,13H2,1H3;1-10,18H,11H2;1-11,19H,12H2;1-11,18H,12H2. The van der Waals surface area contributed by atoms with Crippen LogP contribution >= 0.6 is 0 Å². The van der Waals surface area contributed by atoms with Gasteiger partial charge in [-0.2, -0.15) is 33.7 Å². The molecule has 0 N–H and O–H groups in total. The fourth-order valence-corrected chi connectivity index (χ4v) is 15.7. The predicted molar refractivity (Wildman–Crippen MR) is 414 cm³/mol. The lowest BCUT2D eigenvalue weighted by Crippen LogP contribution is -2.12. The first-order valence-electron chi connectivity index (χ1n) is 35.6. The molecule has 0 spiro atoms. The zero-order chi connectivity index (χ0) is 86.1. The maximum absolute atomic E-state index is 13.9. The Bertz CT molecular complexity index is 6430. The molecular formula is C85H58F12N4O16S4. The van der Waals surface area contributed by atoms with E-state index < -0.39 is 144 Å². The predicted octanol–water partition coefficient (Wildman–Crippen LogP) is 17.9. The van der Waals surface area contributed by atoms with Gasteiger partial charge in [0.05, 0.1) is 0 Å². The molecule has 622 valence electrons. The minimum Gasteiger partial charge on any atom is -0.475 e. The van der Waals surface area contributed by atoms with Gasteiger partial charge in [-0.15, -0.1) is 0 Å². The van der Waals surface area contributed by atoms with Crippen molar-refractivity contribution < 1.29 is 122 Å². The normalized spacial score (nSPS) is 16.1. The van der Waals surface area contributed by atoms with Crippen molar-refractivity contribution in [3.63, 3.8) is 0 Å². The van der Waals surface area contributed by atoms with Gasteiger partial charge in [0.1, 0.15) is 185 Å². The second-order valence-electron chi connectivity index (χ2n) is 26.1. The molecule has 12 aromatic carbocycles. The van der Waals surface area contributed by atoms with E-state index in [-0.39, 0.29) is 105 Å². The van der Waals surface area contributed by atoms with Crippen molar-refractivity contribution in [1.29, 1.82) is 0 Å². The molecule has 0 saturated heterocycles. The molecule has 0 amide bonds. The van der Waals surface area contributed by atoms with Gasteiger partial charge in [-0.25, -0.2) is 72.7 Å². The number of rotatable bonds is 20. The Hall–Kier alpha value is -13.3. The van der Waals surface area contributed by atoms with Crippen LogP contribution in [0.3, 0.4) is 0 Å². The van der Waals surface area contributed by atoms with E-state index in [1.807, 2.05) is 6.92 Å². The maximum Gasteiger partial charge on any atom is 0.342 e. The van der Waals surface area contributed by atoms with Crippen molar-refractivity contribution in [1.82, 2.24) is 0 Å². The van der Waals surface area contributed by atoms with E-state index in [9.17, 15) is 86.4 Å². The quantitative estimate of drug-likeness (QED) is 0.0507. The Balaban J connectivity index is 0.000000139. The molecule has 20 nitrogen and oxygen atoms in total. The summed E-state index contributed by atoms with van der Waals surface area (Å²) < 4.78 is 305. The SMILES string of the molecule is Cc1ccc(S(=O)(=O)Oc2ccc(C3COC(c4c(F)cccc4F)=N3)cc2)cc1.O=S(=O)(Oc1ccc(C2COC(c3c(F)cccc3F)=N2)cc1)c1ccc(F)cc1F.O=S(=O)(Oc1ccc(C2COC(c3c(F)cccc3F)=N2)cc1)c1cccc(F)c1.O=S(=O)(Oc1ccc(C2COC(c3c(F)cccc3F)=N2)cc1)c1ccccc1F. The summed E-state index contributed by atoms with van der Waals surface area (Å²) in [7, 11) is -17.0. The first-order chi connectivity index (χ1) is 57.8. The molecule has 4 atom stereocenters. The number of aliphatic imine (C=N–C) groups is 4. The fourth-order valence-electron chi connectivity index (χ4n) is 11.9. The number of halogens is 12. The lowest BCUT2D eigenvalue weighted by molar-refractivity contribution is 0.317. The van der Waals surface area contributed by atoms with Crippen LogP contribution in [0.5, 0.6) is 23.0 Å². The summed E-state index contributed by atoms with van der Waals surface area (Å²) in [5.41, 5.74) is 2.13. The molecule has 0 aliphatic carbocycles. The van der Waals surface area contributed by atoms with Gasteiger partial charge in [0.15, 0.2) is 0 Å². The molecule has 4 heterocycles. The van der Waals surface area contributed by atoms with E-state index in [1.54, 1.807) is 48.5 Å². The van der Waals surface area contributed by atoms with Crippen molar-refractivity contribution in [2.24, 2.45) is 20.0 Å². The van der Waals surface area contributed by atoms with Crippen LogP contribution in [0.25, 0.3) is 0 Å². The third-order valence-electron chi connectivity index (χ3n) is 17.9. The molecule has 4 aliphatic rings. The van der Waals surface area contributed by atoms with Crippen molar-refractivity contribution >= 4 is 64.1 Å². The van der Waals surface area contributed by atoms with Gasteiger partial charge >= 0.3 is 40.5 Å². The van der Waals surface area contributed by atoms with Gasteiger partial charge in [0.2, 0.25) is 23.6 Å². The van der Waals surface area contributed by atoms with Crippen molar-refractivity contribution in [3.05, 3.63) is 381 Å². The third kappa shape index (κ3) is 20.5. The van der Waals surface area contributed by atoms with E-state index in [1.165, 1.54) is 121 Å². The average Bonchev–Trinajstić information content (AvgIpc) is 1.43. The average molecular weight is 1750 g/mol. The van der Waals surface area contributed by atoms with Gasteiger partial charge < -0.3 is 35.7 Å². The van der Waals surface area contributed by atoms with Crippen LogP contribution in [0.2, 0.25) is 0 Å². The summed E-state index contributed by atoms with van der Waals surface area (Å²) in [5, 5.41) is 0. The molecule has 0 bridgehead atoms. The van der Waals surface area contributed by atoms with Gasteiger partial charge in [0.25, 0.3) is 0 Å². The van der Waals surface area contributed by atoms with Crippen molar-refractivity contribution in [2.45, 2.75) is 50.7 Å². The number of hydrogen-bond acceptors (Lipinski definition) is 20. The summed E-state index contributed by atoms with van der Waals surface area (Å²) >= 11 is 0. The molecule has 0 aromatic heterocycles. The summed E-state index contributed by atoms with van der Waals surface area (Å²) in [6.07, 6.45) is 0. The number of nitrogens with zero attached hydrogens (tertiary/aromatic N) is 4. The van der Waals surface area contributed by atoms with Crippen LogP contribution in [0.15, 0.2) is 300 Å². The molecule has 121 heavy (non-hydrogen) atoms. The fraction of sp³-hybridized carbons (Fsp3) is 0.106. The highest BCUT2D eigenvalue weighted by molar-refractivity contribution is 7.88. The van der Waals surface area contributed by atoms with Crippen LogP contribution in [-0.2, 0) is 59.4 Å². The van der Waals surface area contributed by atoms with Crippen LogP contribution in [0.1, 0.15) is 74.2 Å². The second-order valence-corrected chi connectivity index (χ2v) is 32.3. The second kappa shape index (κ2) is 36.5. The van der Waals surface area contributed by atoms with E-state index in [2.05, 4.69) is 20.0 Å². The van der Waals surface area contributed by atoms with E-state index >= 15 is 0 Å². The highest BCUT2D eigenvalue weighted by Crippen LogP contribution is 2.36. The van der Waals surface area contributed by atoms with Gasteiger partial charge in [0, 0.05) is 6.07 Å². The van der Waals surface area contributed by atoms with E-state index in [0.717, 1.165) is 90.5 Å². The maximum atomic E-state index is 13.9. The Morgan fingerprint density at radius 1 is 0.264 bits per heavy atom. The molecule has 4 unspecified atom stereocenters. The summed E-state index contributed by atoms with van der Waals surface area (Å²) in [6.45, 7) is 2.15. The van der Waals surface area contributed by atoms with Gasteiger partial charge in [-0.1, -0.05) is 109 Å². The number of benzene rings is 12. The Labute approximate surface area is 683 Å². The lowest BCUT2D eigenvalue weighted by atomic mass is 10.1. The monoisotopic (exact) mass is 1750 g/mol. The zero-order valence-corrected chi connectivity index (χ0v) is 65.2. The molecule has 12 aromatic rings. The molecule has 0 radical (unpaired) electrons. The minimum absolute atomic E-state index is 0.0197. The zero-order valence-electron chi connectivity index (χ0n) is 62.0. The van der Waals surface area contributed by atoms with E-state index in [4.69, 9.17) is 35.7 Å². The summed E-state index contributed by atoms with van der Waals surface area (Å²) in [5.74, 6) is -10.6. The Kier molecular flexibility index (Phi) is 25.8. The van der Waals surface area contributed by atoms with Crippen molar-refractivity contribution in [2.75, 3.05) is 26.4 Å². The highest BCUT2D eigenvalue weighted by Gasteiger charge is 2.33. The molecule has 0 saturated carbocycles. The third-order valence-corrected chi connectivity index (χ3v) is 22.9. The van der Waals surface area contributed by atoms with Crippen LogP contribution in [-0.4, -0.2) is 83.7 Å². The molecular weight excluding hydrogens is 1690 g/mol. The van der Waals surface area contributed by atoms with Gasteiger partial charge in [-0.3, -0.25) is 0 Å². The molecule has 0 fully saturated rings. The lowest BCUT2D eigenvalue weighted by Gasteiger charge is -2.10. The molecule has 16 rings (SSSR count). The number of aryl methyl sites for hydroxylation is 1. The Morgan fingerprint density at radius 3 is 0.843 bits per heavy atom. The summed E-state index contributed by atoms with van der Waals surface area (Å²) in [4.78, 5) is 15.3. The first-order valence-corrected chi connectivity index (χ1v) is 41.2. The van der Waals surface area contributed by atoms with Crippen LogP contribution < -0.4 is 16.7 Å². The van der Waals surface area contributed by atoms with Gasteiger partial charge in [-0.05, 0) is 181 Å². The highest BCUT2D eigenvalue weighted by atomic mass is 32.2. The number of ether oxygens (including phenoxy) is 4. The van der Waals surface area contributed by atoms with Crippen molar-refractivity contribution in [3.8, 4) is 23.0 Å². The minimum atomic E-state index is -4.52.